The highest BCUT2D eigenvalue weighted by atomic mass is 19.1. The van der Waals surface area contributed by atoms with Crippen molar-refractivity contribution >= 4 is 23.2 Å². The van der Waals surface area contributed by atoms with Gasteiger partial charge in [0, 0.05) is 17.8 Å². The van der Waals surface area contributed by atoms with Crippen LogP contribution in [0.25, 0.3) is 5.69 Å². The standard InChI is InChI=1S/C22H18F2N6O2/c23-15-8-9-29(11-15)22(32)13-4-6-16(7-5-13)27-18-12-30(28-19(18)21(26)31)20-14(10-25)2-1-3-17(20)24/h1-7,12,15,27H,8-9,11H2,(H2,26,31)/t15-/m1/s1. The maximum absolute atomic E-state index is 14.4. The molecule has 1 saturated heterocycles. The molecule has 0 spiro atoms. The monoisotopic (exact) mass is 436 g/mol. The third kappa shape index (κ3) is 4.00. The van der Waals surface area contributed by atoms with Gasteiger partial charge in [-0.3, -0.25) is 9.59 Å². The average Bonchev–Trinajstić information content (AvgIpc) is 3.40. The number of carbonyl (C=O) groups is 2. The Morgan fingerprint density at radius 2 is 1.97 bits per heavy atom. The van der Waals surface area contributed by atoms with Gasteiger partial charge in [0.25, 0.3) is 11.8 Å². The molecule has 2 aromatic carbocycles. The van der Waals surface area contributed by atoms with Gasteiger partial charge >= 0.3 is 0 Å². The zero-order valence-corrected chi connectivity index (χ0v) is 16.8. The number of likely N-dealkylation sites (tertiary alicyclic amines) is 1. The second-order valence-electron chi connectivity index (χ2n) is 7.29. The molecule has 2 amide bonds. The quantitative estimate of drug-likeness (QED) is 0.638. The number of hydrogen-bond acceptors (Lipinski definition) is 5. The van der Waals surface area contributed by atoms with Gasteiger partial charge < -0.3 is 16.0 Å². The fourth-order valence-electron chi connectivity index (χ4n) is 3.54. The van der Waals surface area contributed by atoms with Gasteiger partial charge in [0.1, 0.15) is 23.7 Å². The molecule has 0 bridgehead atoms. The minimum Gasteiger partial charge on any atom is -0.364 e. The van der Waals surface area contributed by atoms with E-state index in [9.17, 15) is 23.6 Å². The number of aromatic nitrogens is 2. The lowest BCUT2D eigenvalue weighted by Crippen LogP contribution is -2.28. The van der Waals surface area contributed by atoms with Crippen molar-refractivity contribution in [2.75, 3.05) is 18.4 Å². The predicted molar refractivity (Wildman–Crippen MR) is 112 cm³/mol. The van der Waals surface area contributed by atoms with Gasteiger partial charge in [0.05, 0.1) is 24.0 Å². The number of alkyl halides is 1. The van der Waals surface area contributed by atoms with Crippen LogP contribution in [0.4, 0.5) is 20.2 Å². The molecule has 3 aromatic rings. The topological polar surface area (TPSA) is 117 Å². The highest BCUT2D eigenvalue weighted by Gasteiger charge is 2.26. The minimum absolute atomic E-state index is 0.0374. The number of primary amides is 1. The van der Waals surface area contributed by atoms with Crippen LogP contribution >= 0.6 is 0 Å². The van der Waals surface area contributed by atoms with E-state index < -0.39 is 17.9 Å². The van der Waals surface area contributed by atoms with E-state index in [1.807, 2.05) is 6.07 Å². The van der Waals surface area contributed by atoms with Gasteiger partial charge in [-0.1, -0.05) is 6.07 Å². The number of para-hydroxylation sites is 1. The first-order valence-corrected chi connectivity index (χ1v) is 9.76. The highest BCUT2D eigenvalue weighted by Crippen LogP contribution is 2.25. The molecule has 10 heteroatoms. The van der Waals surface area contributed by atoms with E-state index in [-0.39, 0.29) is 35.1 Å². The van der Waals surface area contributed by atoms with Crippen molar-refractivity contribution in [3.8, 4) is 11.8 Å². The first kappa shape index (κ1) is 21.0. The van der Waals surface area contributed by atoms with Crippen molar-refractivity contribution in [1.82, 2.24) is 14.7 Å². The lowest BCUT2D eigenvalue weighted by molar-refractivity contribution is 0.0782. The van der Waals surface area contributed by atoms with Crippen LogP contribution in [0.2, 0.25) is 0 Å². The number of carbonyl (C=O) groups excluding carboxylic acids is 2. The summed E-state index contributed by atoms with van der Waals surface area (Å²) >= 11 is 0. The number of halogens is 2. The Balaban J connectivity index is 1.60. The molecule has 0 saturated carbocycles. The van der Waals surface area contributed by atoms with Gasteiger partial charge in [-0.25, -0.2) is 13.5 Å². The van der Waals surface area contributed by atoms with Crippen LogP contribution in [0.1, 0.15) is 32.8 Å². The Morgan fingerprint density at radius 1 is 1.22 bits per heavy atom. The second kappa shape index (κ2) is 8.47. The molecule has 162 valence electrons. The van der Waals surface area contributed by atoms with Crippen LogP contribution in [0.15, 0.2) is 48.7 Å². The molecule has 0 aliphatic carbocycles. The van der Waals surface area contributed by atoms with E-state index in [0.29, 0.717) is 24.2 Å². The molecule has 3 N–H and O–H groups in total. The molecule has 1 atom stereocenters. The first-order valence-electron chi connectivity index (χ1n) is 9.76. The van der Waals surface area contributed by atoms with E-state index in [4.69, 9.17) is 5.73 Å². The van der Waals surface area contributed by atoms with Crippen LogP contribution in [0, 0.1) is 17.1 Å². The summed E-state index contributed by atoms with van der Waals surface area (Å²) in [6.45, 7) is 0.461. The van der Waals surface area contributed by atoms with Crippen LogP contribution < -0.4 is 11.1 Å². The number of amides is 2. The molecule has 32 heavy (non-hydrogen) atoms. The van der Waals surface area contributed by atoms with Crippen LogP contribution in [0.3, 0.4) is 0 Å². The van der Waals surface area contributed by atoms with Crippen LogP contribution in [0.5, 0.6) is 0 Å². The number of rotatable bonds is 5. The summed E-state index contributed by atoms with van der Waals surface area (Å²) in [4.78, 5) is 25.8. The Kier molecular flexibility index (Phi) is 5.55. The molecule has 1 aliphatic rings. The molecule has 0 unspecified atom stereocenters. The van der Waals surface area contributed by atoms with Crippen molar-refractivity contribution in [2.45, 2.75) is 12.6 Å². The summed E-state index contributed by atoms with van der Waals surface area (Å²) in [5.74, 6) is -1.79. The number of anilines is 2. The smallest absolute Gasteiger partial charge is 0.271 e. The SMILES string of the molecule is N#Cc1cccc(F)c1-n1cc(Nc2ccc(C(=O)N3CC[C@@H](F)C3)cc2)c(C(N)=O)n1. The Hall–Kier alpha value is -4.26. The summed E-state index contributed by atoms with van der Waals surface area (Å²) in [6.07, 6.45) is 0.685. The molecule has 1 aromatic heterocycles. The van der Waals surface area contributed by atoms with E-state index in [1.54, 1.807) is 24.3 Å². The van der Waals surface area contributed by atoms with E-state index >= 15 is 0 Å². The average molecular weight is 436 g/mol. The molecule has 2 heterocycles. The summed E-state index contributed by atoms with van der Waals surface area (Å²) in [5, 5.41) is 16.3. The summed E-state index contributed by atoms with van der Waals surface area (Å²) in [6, 6.07) is 12.3. The summed E-state index contributed by atoms with van der Waals surface area (Å²) < 4.78 is 28.8. The maximum atomic E-state index is 14.4. The minimum atomic E-state index is -1.00. The molecule has 4 rings (SSSR count). The van der Waals surface area contributed by atoms with Crippen molar-refractivity contribution < 1.29 is 18.4 Å². The highest BCUT2D eigenvalue weighted by molar-refractivity contribution is 5.97. The van der Waals surface area contributed by atoms with Crippen LogP contribution in [-0.2, 0) is 0 Å². The number of nitriles is 1. The fraction of sp³-hybridized carbons (Fsp3) is 0.182. The van der Waals surface area contributed by atoms with Crippen molar-refractivity contribution in [3.05, 3.63) is 71.3 Å². The Bertz CT molecular complexity index is 1230. The van der Waals surface area contributed by atoms with Gasteiger partial charge in [-0.2, -0.15) is 10.4 Å². The predicted octanol–water partition coefficient (Wildman–Crippen LogP) is 2.91. The largest absolute Gasteiger partial charge is 0.364 e. The van der Waals surface area contributed by atoms with Gasteiger partial charge in [-0.05, 0) is 42.8 Å². The van der Waals surface area contributed by atoms with Gasteiger partial charge in [-0.15, -0.1) is 0 Å². The number of hydrogen-bond donors (Lipinski definition) is 2. The van der Waals surface area contributed by atoms with Crippen molar-refractivity contribution in [2.24, 2.45) is 5.73 Å². The zero-order chi connectivity index (χ0) is 22.8. The van der Waals surface area contributed by atoms with Gasteiger partial charge in [0.2, 0.25) is 0 Å². The van der Waals surface area contributed by atoms with E-state index in [2.05, 4.69) is 10.4 Å². The fourth-order valence-corrected chi connectivity index (χ4v) is 3.54. The Morgan fingerprint density at radius 3 is 2.59 bits per heavy atom. The lowest BCUT2D eigenvalue weighted by atomic mass is 10.1. The molecular weight excluding hydrogens is 418 g/mol. The normalized spacial score (nSPS) is 15.4. The van der Waals surface area contributed by atoms with Crippen LogP contribution in [-0.4, -0.2) is 45.8 Å². The Labute approximate surface area is 181 Å². The first-order chi connectivity index (χ1) is 15.4. The number of nitrogens with one attached hydrogen (secondary N) is 1. The third-order valence-corrected chi connectivity index (χ3v) is 5.11. The van der Waals surface area contributed by atoms with Crippen molar-refractivity contribution in [1.29, 1.82) is 5.26 Å². The summed E-state index contributed by atoms with van der Waals surface area (Å²) in [5.41, 5.74) is 6.32. The number of nitrogens with two attached hydrogens (primary N) is 1. The second-order valence-corrected chi connectivity index (χ2v) is 7.29. The third-order valence-electron chi connectivity index (χ3n) is 5.11. The number of nitrogens with zero attached hydrogens (tertiary/aromatic N) is 4. The van der Waals surface area contributed by atoms with E-state index in [1.165, 1.54) is 29.3 Å². The zero-order valence-electron chi connectivity index (χ0n) is 16.8. The summed E-state index contributed by atoms with van der Waals surface area (Å²) in [7, 11) is 0. The number of benzene rings is 2. The molecule has 0 radical (unpaired) electrons. The molecule has 1 fully saturated rings. The lowest BCUT2D eigenvalue weighted by Gasteiger charge is -2.15. The van der Waals surface area contributed by atoms with Gasteiger partial charge in [0.15, 0.2) is 5.69 Å². The van der Waals surface area contributed by atoms with E-state index in [0.717, 1.165) is 4.68 Å². The molecule has 8 nitrogen and oxygen atoms in total. The molecular formula is C22H18F2N6O2. The molecule has 1 aliphatic heterocycles. The maximum Gasteiger partial charge on any atom is 0.271 e. The van der Waals surface area contributed by atoms with Crippen molar-refractivity contribution in [3.63, 3.8) is 0 Å².